The maximum absolute atomic E-state index is 9.59. The summed E-state index contributed by atoms with van der Waals surface area (Å²) in [6.45, 7) is 4.44. The predicted octanol–water partition coefficient (Wildman–Crippen LogP) is 1.88. The quantitative estimate of drug-likeness (QED) is 0.649. The van der Waals surface area contributed by atoms with Gasteiger partial charge in [-0.25, -0.2) is 0 Å². The van der Waals surface area contributed by atoms with Gasteiger partial charge in [0.2, 0.25) is 0 Å². The van der Waals surface area contributed by atoms with Gasteiger partial charge in [0.1, 0.15) is 5.75 Å². The van der Waals surface area contributed by atoms with E-state index in [-0.39, 0.29) is 5.75 Å². The van der Waals surface area contributed by atoms with Crippen LogP contribution in [-0.4, -0.2) is 11.7 Å². The summed E-state index contributed by atoms with van der Waals surface area (Å²) in [5.41, 5.74) is 7.45. The number of fused-ring (bicyclic) bond motifs is 1. The Labute approximate surface area is 87.0 Å². The molecule has 0 saturated heterocycles. The summed E-state index contributed by atoms with van der Waals surface area (Å²) < 4.78 is 0. The molecule has 2 rings (SSSR count). The second-order valence-electron chi connectivity index (χ2n) is 3.14. The molecule has 0 spiro atoms. The van der Waals surface area contributed by atoms with E-state index in [0.29, 0.717) is 6.54 Å². The molecule has 14 heavy (non-hydrogen) atoms. The molecular formula is C10H12N2OS. The van der Waals surface area contributed by atoms with Gasteiger partial charge in [0.15, 0.2) is 0 Å². The van der Waals surface area contributed by atoms with Crippen molar-refractivity contribution in [1.29, 1.82) is 0 Å². The zero-order valence-corrected chi connectivity index (χ0v) is 8.53. The number of anilines is 1. The number of aromatic hydroxyl groups is 1. The maximum Gasteiger partial charge on any atom is 0.140 e. The van der Waals surface area contributed by atoms with E-state index in [4.69, 9.17) is 5.73 Å². The molecule has 1 heterocycles. The minimum Gasteiger partial charge on any atom is -0.506 e. The molecule has 0 fully saturated rings. The molecule has 0 bridgehead atoms. The fourth-order valence-electron chi connectivity index (χ4n) is 1.49. The summed E-state index contributed by atoms with van der Waals surface area (Å²) in [5.74, 6) is 0.270. The van der Waals surface area contributed by atoms with Crippen LogP contribution in [-0.2, 0) is 6.42 Å². The van der Waals surface area contributed by atoms with Crippen molar-refractivity contribution in [3.8, 4) is 5.75 Å². The number of phenols is 1. The highest BCUT2D eigenvalue weighted by molar-refractivity contribution is 8.03. The van der Waals surface area contributed by atoms with Gasteiger partial charge in [0, 0.05) is 4.90 Å². The van der Waals surface area contributed by atoms with Crippen LogP contribution in [0.3, 0.4) is 0 Å². The summed E-state index contributed by atoms with van der Waals surface area (Å²) in [5, 5.41) is 13.5. The van der Waals surface area contributed by atoms with Crippen molar-refractivity contribution >= 4 is 17.4 Å². The van der Waals surface area contributed by atoms with Gasteiger partial charge in [0.05, 0.1) is 10.7 Å². The molecule has 0 radical (unpaired) electrons. The molecule has 1 aliphatic rings. The van der Waals surface area contributed by atoms with Crippen molar-refractivity contribution in [3.63, 3.8) is 0 Å². The first-order valence-corrected chi connectivity index (χ1v) is 5.22. The number of thioether (sulfide) groups is 1. The average Bonchev–Trinajstić information content (AvgIpc) is 2.53. The molecule has 0 aliphatic carbocycles. The van der Waals surface area contributed by atoms with E-state index in [1.807, 2.05) is 6.07 Å². The van der Waals surface area contributed by atoms with Crippen molar-refractivity contribution in [2.75, 3.05) is 11.9 Å². The van der Waals surface area contributed by atoms with E-state index in [0.717, 1.165) is 27.6 Å². The average molecular weight is 208 g/mol. The van der Waals surface area contributed by atoms with Gasteiger partial charge in [-0.05, 0) is 24.6 Å². The van der Waals surface area contributed by atoms with Crippen molar-refractivity contribution in [3.05, 3.63) is 29.3 Å². The molecule has 4 heteroatoms. The van der Waals surface area contributed by atoms with E-state index >= 15 is 0 Å². The largest absolute Gasteiger partial charge is 0.506 e. The standard InChI is InChI=1S/C10H12N2OS/c1-6-12-9-8(13)3-2-7(4-5-11)10(9)14-6/h2-3,12-13H,1,4-5,11H2. The fraction of sp³-hybridized carbons (Fsp3) is 0.200. The Bertz CT molecular complexity index is 390. The molecule has 3 nitrogen and oxygen atoms in total. The Morgan fingerprint density at radius 2 is 2.29 bits per heavy atom. The van der Waals surface area contributed by atoms with Crippen molar-refractivity contribution < 1.29 is 5.11 Å². The van der Waals surface area contributed by atoms with Gasteiger partial charge in [-0.1, -0.05) is 24.4 Å². The van der Waals surface area contributed by atoms with Gasteiger partial charge in [-0.2, -0.15) is 0 Å². The van der Waals surface area contributed by atoms with E-state index < -0.39 is 0 Å². The number of hydrogen-bond acceptors (Lipinski definition) is 4. The van der Waals surface area contributed by atoms with Crippen LogP contribution in [0.1, 0.15) is 5.56 Å². The van der Waals surface area contributed by atoms with Crippen LogP contribution in [0.15, 0.2) is 28.6 Å². The van der Waals surface area contributed by atoms with Gasteiger partial charge >= 0.3 is 0 Å². The number of nitrogens with two attached hydrogens (primary N) is 1. The van der Waals surface area contributed by atoms with E-state index in [2.05, 4.69) is 11.9 Å². The molecule has 0 unspecified atom stereocenters. The van der Waals surface area contributed by atoms with Gasteiger partial charge < -0.3 is 16.2 Å². The lowest BCUT2D eigenvalue weighted by Gasteiger charge is -2.06. The minimum atomic E-state index is 0.270. The van der Waals surface area contributed by atoms with Crippen LogP contribution in [0.5, 0.6) is 5.75 Å². The third-order valence-electron chi connectivity index (χ3n) is 2.12. The lowest BCUT2D eigenvalue weighted by Crippen LogP contribution is -2.03. The highest BCUT2D eigenvalue weighted by atomic mass is 32.2. The normalized spacial score (nSPS) is 13.9. The fourth-order valence-corrected chi connectivity index (χ4v) is 2.45. The van der Waals surface area contributed by atoms with Crippen LogP contribution in [0.25, 0.3) is 0 Å². The van der Waals surface area contributed by atoms with Crippen LogP contribution >= 0.6 is 11.8 Å². The lowest BCUT2D eigenvalue weighted by atomic mass is 10.1. The highest BCUT2D eigenvalue weighted by Crippen LogP contribution is 2.46. The molecule has 1 aromatic rings. The van der Waals surface area contributed by atoms with Gasteiger partial charge in [-0.3, -0.25) is 0 Å². The Hall–Kier alpha value is -1.13. The number of benzene rings is 1. The summed E-state index contributed by atoms with van der Waals surface area (Å²) >= 11 is 1.55. The van der Waals surface area contributed by atoms with Crippen LogP contribution in [0.2, 0.25) is 0 Å². The minimum absolute atomic E-state index is 0.270. The molecule has 0 saturated carbocycles. The topological polar surface area (TPSA) is 58.3 Å². The van der Waals surface area contributed by atoms with E-state index in [1.165, 1.54) is 0 Å². The van der Waals surface area contributed by atoms with Crippen molar-refractivity contribution in [1.82, 2.24) is 0 Å². The SMILES string of the molecule is C=C1Nc2c(O)ccc(CCN)c2S1. The Balaban J connectivity index is 2.47. The van der Waals surface area contributed by atoms with Gasteiger partial charge in [0.25, 0.3) is 0 Å². The lowest BCUT2D eigenvalue weighted by molar-refractivity contribution is 0.476. The first kappa shape index (κ1) is 9.43. The van der Waals surface area contributed by atoms with Gasteiger partial charge in [-0.15, -0.1) is 0 Å². The first-order chi connectivity index (χ1) is 6.72. The second-order valence-corrected chi connectivity index (χ2v) is 4.24. The molecule has 0 atom stereocenters. The number of hydrogen-bond donors (Lipinski definition) is 3. The summed E-state index contributed by atoms with van der Waals surface area (Å²) in [7, 11) is 0. The molecule has 1 aromatic carbocycles. The number of phenolic OH excluding ortho intramolecular Hbond substituents is 1. The summed E-state index contributed by atoms with van der Waals surface area (Å²) in [6.07, 6.45) is 0.824. The van der Waals surface area contributed by atoms with Crippen LogP contribution < -0.4 is 11.1 Å². The monoisotopic (exact) mass is 208 g/mol. The second kappa shape index (κ2) is 3.55. The van der Waals surface area contributed by atoms with Crippen molar-refractivity contribution in [2.24, 2.45) is 5.73 Å². The summed E-state index contributed by atoms with van der Waals surface area (Å²) in [6, 6.07) is 3.60. The third kappa shape index (κ3) is 1.47. The van der Waals surface area contributed by atoms with E-state index in [1.54, 1.807) is 17.8 Å². The first-order valence-electron chi connectivity index (χ1n) is 4.41. The third-order valence-corrected chi connectivity index (χ3v) is 3.14. The number of nitrogens with one attached hydrogen (secondary N) is 1. The maximum atomic E-state index is 9.59. The van der Waals surface area contributed by atoms with E-state index in [9.17, 15) is 5.11 Å². The Morgan fingerprint density at radius 1 is 1.50 bits per heavy atom. The molecule has 0 amide bonds. The molecule has 0 aromatic heterocycles. The molecule has 4 N–H and O–H groups in total. The zero-order chi connectivity index (χ0) is 10.1. The Morgan fingerprint density at radius 3 is 3.00 bits per heavy atom. The molecule has 1 aliphatic heterocycles. The molecular weight excluding hydrogens is 196 g/mol. The molecule has 74 valence electrons. The van der Waals surface area contributed by atoms with Crippen LogP contribution in [0.4, 0.5) is 5.69 Å². The van der Waals surface area contributed by atoms with Crippen LogP contribution in [0, 0.1) is 0 Å². The highest BCUT2D eigenvalue weighted by Gasteiger charge is 2.20. The Kier molecular flexibility index (Phi) is 2.39. The summed E-state index contributed by atoms with van der Waals surface area (Å²) in [4.78, 5) is 1.06. The smallest absolute Gasteiger partial charge is 0.140 e. The number of rotatable bonds is 2. The predicted molar refractivity (Wildman–Crippen MR) is 59.5 cm³/mol. The zero-order valence-electron chi connectivity index (χ0n) is 7.71. The van der Waals surface area contributed by atoms with Crippen molar-refractivity contribution in [2.45, 2.75) is 11.3 Å².